The molecule has 0 bridgehead atoms. The number of quaternary nitrogens is 1. The summed E-state index contributed by atoms with van der Waals surface area (Å²) in [6, 6.07) is 0. The Morgan fingerprint density at radius 2 is 0.614 bits per heavy atom. The van der Waals surface area contributed by atoms with Crippen molar-refractivity contribution in [2.75, 3.05) is 47.5 Å². The van der Waals surface area contributed by atoms with Crippen molar-refractivity contribution in [2.45, 2.75) is 302 Å². The first kappa shape index (κ1) is 84.2. The zero-order valence-corrected chi connectivity index (χ0v) is 58.3. The van der Waals surface area contributed by atoms with Crippen molar-refractivity contribution in [3.8, 4) is 0 Å². The molecule has 0 aliphatic heterocycles. The van der Waals surface area contributed by atoms with Crippen molar-refractivity contribution < 1.29 is 42.1 Å². The third-order valence-electron chi connectivity index (χ3n) is 15.2. The number of allylic oxidation sites excluding steroid dienone is 22. The first-order chi connectivity index (χ1) is 43.0. The molecule has 9 nitrogen and oxygen atoms in total. The van der Waals surface area contributed by atoms with Gasteiger partial charge in [0.15, 0.2) is 6.10 Å². The van der Waals surface area contributed by atoms with E-state index in [0.29, 0.717) is 17.4 Å². The Labute approximate surface area is 542 Å². The Bertz CT molecular complexity index is 1950. The lowest BCUT2D eigenvalue weighted by Gasteiger charge is -2.28. The fraction of sp³-hybridized carbons (Fsp3) is 0.692. The van der Waals surface area contributed by atoms with E-state index in [4.69, 9.17) is 18.5 Å². The Kier molecular flexibility index (Phi) is 64.6. The smallest absolute Gasteiger partial charge is 0.306 e. The van der Waals surface area contributed by atoms with Crippen molar-refractivity contribution in [1.29, 1.82) is 0 Å². The van der Waals surface area contributed by atoms with Gasteiger partial charge in [0, 0.05) is 12.8 Å². The molecule has 10 heteroatoms. The second-order valence-electron chi connectivity index (χ2n) is 24.8. The zero-order valence-electron chi connectivity index (χ0n) is 57.4. The Morgan fingerprint density at radius 1 is 0.352 bits per heavy atom. The van der Waals surface area contributed by atoms with Crippen LogP contribution in [-0.2, 0) is 32.7 Å². The molecular formula is C78H134NO8P. The molecule has 504 valence electrons. The second-order valence-corrected chi connectivity index (χ2v) is 26.2. The van der Waals surface area contributed by atoms with Gasteiger partial charge in [-0.3, -0.25) is 14.2 Å². The van der Waals surface area contributed by atoms with Gasteiger partial charge in [-0.05, 0) is 109 Å². The number of nitrogens with zero attached hydrogens (tertiary/aromatic N) is 1. The summed E-state index contributed by atoms with van der Waals surface area (Å²) in [5.74, 6) is -0.837. The summed E-state index contributed by atoms with van der Waals surface area (Å²) in [7, 11) is 1.16. The van der Waals surface area contributed by atoms with Crippen molar-refractivity contribution in [2.24, 2.45) is 0 Å². The Hall–Kier alpha value is -3.85. The molecule has 0 aromatic carbocycles. The predicted octanol–water partition coefficient (Wildman–Crippen LogP) is 23.0. The number of carbonyl (C=O) groups excluding carboxylic acids is 2. The van der Waals surface area contributed by atoms with E-state index in [9.17, 15) is 19.0 Å². The minimum Gasteiger partial charge on any atom is -0.756 e. The fourth-order valence-corrected chi connectivity index (χ4v) is 10.5. The molecule has 0 aromatic rings. The molecule has 0 amide bonds. The predicted molar refractivity (Wildman–Crippen MR) is 378 cm³/mol. The number of likely N-dealkylation sites (N-methyl/N-ethyl adjacent to an activating group) is 1. The van der Waals surface area contributed by atoms with E-state index in [1.54, 1.807) is 0 Å². The minimum absolute atomic E-state index is 0.0368. The van der Waals surface area contributed by atoms with Gasteiger partial charge in [0.1, 0.15) is 19.8 Å². The van der Waals surface area contributed by atoms with Crippen LogP contribution in [-0.4, -0.2) is 70.0 Å². The van der Waals surface area contributed by atoms with Crippen molar-refractivity contribution in [3.63, 3.8) is 0 Å². The summed E-state index contributed by atoms with van der Waals surface area (Å²) in [6.07, 6.45) is 98.2. The van der Waals surface area contributed by atoms with Crippen LogP contribution >= 0.6 is 7.82 Å². The summed E-state index contributed by atoms with van der Waals surface area (Å²) < 4.78 is 34.3. The van der Waals surface area contributed by atoms with Crippen LogP contribution in [0, 0.1) is 0 Å². The molecular weight excluding hydrogens is 1110 g/mol. The van der Waals surface area contributed by atoms with Crippen LogP contribution in [0.3, 0.4) is 0 Å². The maximum absolute atomic E-state index is 12.9. The number of phosphoric acid groups is 1. The van der Waals surface area contributed by atoms with Crippen LogP contribution in [0.15, 0.2) is 134 Å². The molecule has 0 saturated carbocycles. The number of esters is 2. The molecule has 0 aliphatic rings. The van der Waals surface area contributed by atoms with Crippen molar-refractivity contribution in [1.82, 2.24) is 0 Å². The highest BCUT2D eigenvalue weighted by Gasteiger charge is 2.22. The van der Waals surface area contributed by atoms with Gasteiger partial charge >= 0.3 is 11.9 Å². The molecule has 0 aromatic heterocycles. The van der Waals surface area contributed by atoms with Crippen molar-refractivity contribution >= 4 is 19.8 Å². The van der Waals surface area contributed by atoms with Crippen LogP contribution in [0.5, 0.6) is 0 Å². The third-order valence-corrected chi connectivity index (χ3v) is 16.1. The molecule has 0 saturated heterocycles. The van der Waals surface area contributed by atoms with Crippen LogP contribution in [0.25, 0.3) is 0 Å². The monoisotopic (exact) mass is 1240 g/mol. The van der Waals surface area contributed by atoms with Gasteiger partial charge in [0.05, 0.1) is 27.7 Å². The first-order valence-electron chi connectivity index (χ1n) is 35.9. The highest BCUT2D eigenvalue weighted by atomic mass is 31.2. The average molecular weight is 1240 g/mol. The highest BCUT2D eigenvalue weighted by molar-refractivity contribution is 7.45. The van der Waals surface area contributed by atoms with Gasteiger partial charge in [-0.15, -0.1) is 0 Å². The maximum atomic E-state index is 12.9. The Morgan fingerprint density at radius 3 is 0.909 bits per heavy atom. The molecule has 88 heavy (non-hydrogen) atoms. The molecule has 0 rings (SSSR count). The third kappa shape index (κ3) is 71.2. The van der Waals surface area contributed by atoms with E-state index in [2.05, 4.69) is 148 Å². The maximum Gasteiger partial charge on any atom is 0.306 e. The van der Waals surface area contributed by atoms with E-state index in [1.165, 1.54) is 148 Å². The largest absolute Gasteiger partial charge is 0.756 e. The van der Waals surface area contributed by atoms with Gasteiger partial charge < -0.3 is 27.9 Å². The quantitative estimate of drug-likeness (QED) is 0.0195. The number of hydrogen-bond donors (Lipinski definition) is 0. The zero-order chi connectivity index (χ0) is 64.1. The number of unbranched alkanes of at least 4 members (excludes halogenated alkanes) is 29. The van der Waals surface area contributed by atoms with Gasteiger partial charge in [0.25, 0.3) is 7.82 Å². The molecule has 0 radical (unpaired) electrons. The second kappa shape index (κ2) is 67.5. The average Bonchev–Trinajstić information content (AvgIpc) is 3.68. The standard InChI is InChI=1S/C78H134NO8P/c1-6-8-10-12-14-16-18-20-22-24-26-28-30-32-34-36-38-39-41-42-44-46-48-50-52-54-56-58-60-62-64-66-68-70-77(80)84-74-76(75-86-88(82,83)85-73-72-79(3,4)5)87-78(81)71-69-67-65-63-61-59-57-55-53-51-49-47-45-43-40-37-35-33-31-29-27-25-23-21-19-17-15-13-11-9-7-2/h8-11,14-17,20-23,26-29,33,35,40,43,47,49,76H,6-7,12-13,18-19,24-25,30-32,34,36-39,41-42,44-46,48,50-75H2,1-5H3/b10-8-,11-9-,16-14-,17-15-,22-20-,23-21-,28-26-,29-27-,35-33-,43-40-,49-47-. The minimum atomic E-state index is -4.65. The lowest BCUT2D eigenvalue weighted by molar-refractivity contribution is -0.870. The summed E-state index contributed by atoms with van der Waals surface area (Å²) in [5.41, 5.74) is 0. The molecule has 0 fully saturated rings. The van der Waals surface area contributed by atoms with E-state index in [-0.39, 0.29) is 32.0 Å². The number of carbonyl (C=O) groups is 2. The van der Waals surface area contributed by atoms with E-state index < -0.39 is 26.5 Å². The molecule has 0 N–H and O–H groups in total. The molecule has 2 unspecified atom stereocenters. The first-order valence-corrected chi connectivity index (χ1v) is 37.4. The topological polar surface area (TPSA) is 111 Å². The number of rotatable bonds is 65. The van der Waals surface area contributed by atoms with Crippen LogP contribution in [0.4, 0.5) is 0 Å². The summed E-state index contributed by atoms with van der Waals surface area (Å²) >= 11 is 0. The van der Waals surface area contributed by atoms with Crippen LogP contribution in [0.1, 0.15) is 296 Å². The SMILES string of the molecule is CC/C=C\C/C=C\C/C=C\C/C=C\C/C=C\C/C=C\C/C=C\CCCCCCCCCCCC(=O)OC(COC(=O)CCCCCCCCCCCCCCCCCCCCCC/C=C\C/C=C\C/C=C\C/C=C\CC)COP(=O)([O-])OCC[N+](C)(C)C. The molecule has 2 atom stereocenters. The van der Waals surface area contributed by atoms with Crippen LogP contribution in [0.2, 0.25) is 0 Å². The summed E-state index contributed by atoms with van der Waals surface area (Å²) in [5, 5.41) is 0. The molecule has 0 spiro atoms. The Balaban J connectivity index is 4.06. The van der Waals surface area contributed by atoms with E-state index >= 15 is 0 Å². The summed E-state index contributed by atoms with van der Waals surface area (Å²) in [4.78, 5) is 38.1. The molecule has 0 aliphatic carbocycles. The lowest BCUT2D eigenvalue weighted by Crippen LogP contribution is -2.37. The van der Waals surface area contributed by atoms with Gasteiger partial charge in [0.2, 0.25) is 0 Å². The van der Waals surface area contributed by atoms with Gasteiger partial charge in [-0.1, -0.05) is 308 Å². The van der Waals surface area contributed by atoms with Crippen molar-refractivity contribution in [3.05, 3.63) is 134 Å². The number of ether oxygens (including phenoxy) is 2. The van der Waals surface area contributed by atoms with Gasteiger partial charge in [-0.25, -0.2) is 0 Å². The van der Waals surface area contributed by atoms with E-state index in [1.807, 2.05) is 21.1 Å². The highest BCUT2D eigenvalue weighted by Crippen LogP contribution is 2.38. The molecule has 0 heterocycles. The summed E-state index contributed by atoms with van der Waals surface area (Å²) in [6.45, 7) is 4.02. The fourth-order valence-electron chi connectivity index (χ4n) is 9.75. The number of hydrogen-bond acceptors (Lipinski definition) is 8. The van der Waals surface area contributed by atoms with Crippen LogP contribution < -0.4 is 4.89 Å². The van der Waals surface area contributed by atoms with E-state index in [0.717, 1.165) is 116 Å². The van der Waals surface area contributed by atoms with Gasteiger partial charge in [-0.2, -0.15) is 0 Å². The number of phosphoric ester groups is 1. The lowest BCUT2D eigenvalue weighted by atomic mass is 10.0. The normalized spacial score (nSPS) is 13.9.